The molecule has 0 amide bonds. The number of hydrogen-bond acceptors (Lipinski definition) is 5. The van der Waals surface area contributed by atoms with Crippen molar-refractivity contribution in [3.63, 3.8) is 0 Å². The van der Waals surface area contributed by atoms with Crippen LogP contribution in [0.5, 0.6) is 0 Å². The molecule has 0 aromatic carbocycles. The van der Waals surface area contributed by atoms with Crippen molar-refractivity contribution >= 4 is 16.2 Å². The van der Waals surface area contributed by atoms with Gasteiger partial charge < -0.3 is 9.84 Å². The van der Waals surface area contributed by atoms with Crippen LogP contribution in [0.3, 0.4) is 0 Å². The summed E-state index contributed by atoms with van der Waals surface area (Å²) >= 11 is 0. The summed E-state index contributed by atoms with van der Waals surface area (Å²) in [5.41, 5.74) is 0.465. The molecule has 0 aliphatic rings. The molecule has 0 radical (unpaired) electrons. The van der Waals surface area contributed by atoms with Crippen molar-refractivity contribution in [3.8, 4) is 0 Å². The minimum absolute atomic E-state index is 0.0230. The van der Waals surface area contributed by atoms with Crippen LogP contribution in [0.15, 0.2) is 18.3 Å². The van der Waals surface area contributed by atoms with Gasteiger partial charge in [0.1, 0.15) is 5.69 Å². The molecule has 0 fully saturated rings. The lowest BCUT2D eigenvalue weighted by Gasteiger charge is -2.07. The van der Waals surface area contributed by atoms with Gasteiger partial charge in [-0.3, -0.25) is 0 Å². The van der Waals surface area contributed by atoms with Gasteiger partial charge in [-0.05, 0) is 11.6 Å². The Kier molecular flexibility index (Phi) is 5.83. The number of hydrogen-bond donors (Lipinski definition) is 3. The maximum Gasteiger partial charge on any atom is 0.354 e. The van der Waals surface area contributed by atoms with Gasteiger partial charge in [0.2, 0.25) is 0 Å². The molecule has 1 aromatic heterocycles. The standard InChI is InChI=1S/C10H15N3O5S/c1-18-5-4-12-19(16,17)13-7-8-2-3-9(10(14)15)11-6-8/h2-3,6,12-13H,4-5,7H2,1H3,(H,14,15). The summed E-state index contributed by atoms with van der Waals surface area (Å²) in [6.45, 7) is 0.465. The van der Waals surface area contributed by atoms with Crippen molar-refractivity contribution in [1.82, 2.24) is 14.4 Å². The molecule has 0 unspecified atom stereocenters. The monoisotopic (exact) mass is 289 g/mol. The Morgan fingerprint density at radius 3 is 2.68 bits per heavy atom. The molecule has 9 heteroatoms. The summed E-state index contributed by atoms with van der Waals surface area (Å²) in [4.78, 5) is 14.3. The third-order valence-electron chi connectivity index (χ3n) is 2.11. The van der Waals surface area contributed by atoms with E-state index in [9.17, 15) is 13.2 Å². The van der Waals surface area contributed by atoms with Crippen LogP contribution in [0.4, 0.5) is 0 Å². The van der Waals surface area contributed by atoms with Gasteiger partial charge in [0.15, 0.2) is 0 Å². The van der Waals surface area contributed by atoms with Crippen molar-refractivity contribution in [2.45, 2.75) is 6.54 Å². The van der Waals surface area contributed by atoms with E-state index in [0.29, 0.717) is 5.56 Å². The highest BCUT2D eigenvalue weighted by atomic mass is 32.2. The van der Waals surface area contributed by atoms with Gasteiger partial charge in [-0.2, -0.15) is 17.9 Å². The molecule has 0 saturated carbocycles. The van der Waals surface area contributed by atoms with E-state index >= 15 is 0 Å². The molecular formula is C10H15N3O5S. The Balaban J connectivity index is 2.49. The summed E-state index contributed by atoms with van der Waals surface area (Å²) < 4.78 is 32.2. The van der Waals surface area contributed by atoms with E-state index in [4.69, 9.17) is 9.84 Å². The van der Waals surface area contributed by atoms with Gasteiger partial charge in [-0.25, -0.2) is 9.78 Å². The van der Waals surface area contributed by atoms with Crippen LogP contribution in [0, 0.1) is 0 Å². The number of pyridine rings is 1. The van der Waals surface area contributed by atoms with Crippen LogP contribution >= 0.6 is 0 Å². The highest BCUT2D eigenvalue weighted by molar-refractivity contribution is 7.87. The third kappa shape index (κ3) is 5.75. The molecule has 1 rings (SSSR count). The molecule has 1 heterocycles. The second kappa shape index (κ2) is 7.14. The molecule has 3 N–H and O–H groups in total. The predicted octanol–water partition coefficient (Wildman–Crippen LogP) is -0.650. The number of carboxylic acids is 1. The Morgan fingerprint density at radius 1 is 1.42 bits per heavy atom. The Morgan fingerprint density at radius 2 is 2.16 bits per heavy atom. The molecule has 0 spiro atoms. The number of ether oxygens (including phenoxy) is 1. The maximum absolute atomic E-state index is 11.5. The lowest BCUT2D eigenvalue weighted by molar-refractivity contribution is 0.0690. The van der Waals surface area contributed by atoms with Crippen molar-refractivity contribution in [2.24, 2.45) is 0 Å². The quantitative estimate of drug-likeness (QED) is 0.547. The predicted molar refractivity (Wildman–Crippen MR) is 66.8 cm³/mol. The SMILES string of the molecule is COCCNS(=O)(=O)NCc1ccc(C(=O)O)nc1. The van der Waals surface area contributed by atoms with Crippen molar-refractivity contribution in [3.05, 3.63) is 29.6 Å². The van der Waals surface area contributed by atoms with Gasteiger partial charge >= 0.3 is 5.97 Å². The summed E-state index contributed by atoms with van der Waals surface area (Å²) in [6, 6.07) is 2.80. The smallest absolute Gasteiger partial charge is 0.354 e. The zero-order valence-corrected chi connectivity index (χ0v) is 11.1. The van der Waals surface area contributed by atoms with Crippen molar-refractivity contribution < 1.29 is 23.1 Å². The Labute approximate surface area is 111 Å². The van der Waals surface area contributed by atoms with E-state index in [1.165, 1.54) is 25.4 Å². The summed E-state index contributed by atoms with van der Waals surface area (Å²) in [5.74, 6) is -1.13. The average Bonchev–Trinajstić information content (AvgIpc) is 2.37. The van der Waals surface area contributed by atoms with Gasteiger partial charge in [-0.1, -0.05) is 6.07 Å². The van der Waals surface area contributed by atoms with E-state index < -0.39 is 16.2 Å². The first-order valence-corrected chi connectivity index (χ1v) is 6.84. The number of carbonyl (C=O) groups is 1. The fourth-order valence-corrected chi connectivity index (χ4v) is 1.97. The van der Waals surface area contributed by atoms with E-state index in [2.05, 4.69) is 14.4 Å². The molecule has 0 aliphatic heterocycles. The van der Waals surface area contributed by atoms with E-state index in [1.54, 1.807) is 0 Å². The first-order chi connectivity index (χ1) is 8.94. The van der Waals surface area contributed by atoms with Crippen LogP contribution in [0.2, 0.25) is 0 Å². The highest BCUT2D eigenvalue weighted by Crippen LogP contribution is 2.00. The molecule has 0 bridgehead atoms. The summed E-state index contributed by atoms with van der Waals surface area (Å²) in [5, 5.41) is 8.66. The first-order valence-electron chi connectivity index (χ1n) is 5.36. The second-order valence-corrected chi connectivity index (χ2v) is 5.15. The van der Waals surface area contributed by atoms with E-state index in [0.717, 1.165) is 0 Å². The zero-order valence-electron chi connectivity index (χ0n) is 10.3. The van der Waals surface area contributed by atoms with Gasteiger partial charge in [-0.15, -0.1) is 0 Å². The van der Waals surface area contributed by atoms with Gasteiger partial charge in [0, 0.05) is 26.4 Å². The van der Waals surface area contributed by atoms with Crippen molar-refractivity contribution in [2.75, 3.05) is 20.3 Å². The highest BCUT2D eigenvalue weighted by Gasteiger charge is 2.09. The molecule has 0 aliphatic carbocycles. The third-order valence-corrected chi connectivity index (χ3v) is 3.22. The van der Waals surface area contributed by atoms with Gasteiger partial charge in [0.25, 0.3) is 10.2 Å². The first kappa shape index (κ1) is 15.5. The van der Waals surface area contributed by atoms with Gasteiger partial charge in [0.05, 0.1) is 6.61 Å². The Hall–Kier alpha value is -1.55. The molecule has 19 heavy (non-hydrogen) atoms. The molecule has 0 saturated heterocycles. The topological polar surface area (TPSA) is 118 Å². The zero-order chi connectivity index (χ0) is 14.3. The van der Waals surface area contributed by atoms with Crippen LogP contribution in [0.25, 0.3) is 0 Å². The molecule has 1 aromatic rings. The van der Waals surface area contributed by atoms with Crippen LogP contribution in [0.1, 0.15) is 16.1 Å². The Bertz CT molecular complexity index is 514. The number of nitrogens with one attached hydrogen (secondary N) is 2. The molecule has 106 valence electrons. The largest absolute Gasteiger partial charge is 0.477 e. The second-order valence-electron chi connectivity index (χ2n) is 3.57. The lowest BCUT2D eigenvalue weighted by atomic mass is 10.2. The minimum Gasteiger partial charge on any atom is -0.477 e. The van der Waals surface area contributed by atoms with Crippen LogP contribution in [-0.4, -0.2) is 44.7 Å². The number of carboxylic acid groups (broad SMARTS) is 1. The normalized spacial score (nSPS) is 11.4. The number of nitrogens with zero attached hydrogens (tertiary/aromatic N) is 1. The average molecular weight is 289 g/mol. The number of methoxy groups -OCH3 is 1. The van der Waals surface area contributed by atoms with E-state index in [-0.39, 0.29) is 25.4 Å². The number of aromatic nitrogens is 1. The van der Waals surface area contributed by atoms with Crippen molar-refractivity contribution in [1.29, 1.82) is 0 Å². The minimum atomic E-state index is -3.60. The maximum atomic E-state index is 11.5. The fraction of sp³-hybridized carbons (Fsp3) is 0.400. The summed E-state index contributed by atoms with van der Waals surface area (Å²) in [7, 11) is -2.13. The van der Waals surface area contributed by atoms with Crippen LogP contribution < -0.4 is 9.44 Å². The summed E-state index contributed by atoms with van der Waals surface area (Å²) in [6.07, 6.45) is 1.31. The number of rotatable bonds is 8. The number of aromatic carboxylic acids is 1. The fourth-order valence-electron chi connectivity index (χ4n) is 1.16. The van der Waals surface area contributed by atoms with Crippen LogP contribution in [-0.2, 0) is 21.5 Å². The molecule has 8 nitrogen and oxygen atoms in total. The molecular weight excluding hydrogens is 274 g/mol. The lowest BCUT2D eigenvalue weighted by Crippen LogP contribution is -2.37. The molecule has 0 atom stereocenters. The van der Waals surface area contributed by atoms with E-state index in [1.807, 2.05) is 0 Å².